The van der Waals surface area contributed by atoms with Crippen LogP contribution in [-0.2, 0) is 5.75 Å². The number of thioether (sulfide) groups is 1. The fourth-order valence-electron chi connectivity index (χ4n) is 1.23. The normalized spacial score (nSPS) is 10.2. The van der Waals surface area contributed by atoms with Gasteiger partial charge >= 0.3 is 0 Å². The summed E-state index contributed by atoms with van der Waals surface area (Å²) in [7, 11) is 1.83. The predicted octanol–water partition coefficient (Wildman–Crippen LogP) is 1.50. The van der Waals surface area contributed by atoms with Crippen LogP contribution in [0.1, 0.15) is 5.56 Å². The molecule has 0 fully saturated rings. The number of H-pyrrole nitrogens is 1. The molecule has 2 rings (SSSR count). The Hall–Kier alpha value is -1.82. The maximum atomic E-state index is 11.1. The molecule has 0 amide bonds. The molecule has 0 spiro atoms. The number of nitrogens with zero attached hydrogens (tertiary/aromatic N) is 2. The second-order valence-electron chi connectivity index (χ2n) is 3.33. The SMILES string of the molecule is CNc1ccc(CSc2nccc(=O)[nH]2)cn1. The summed E-state index contributed by atoms with van der Waals surface area (Å²) >= 11 is 1.47. The van der Waals surface area contributed by atoms with Gasteiger partial charge in [0, 0.05) is 31.3 Å². The molecule has 2 aromatic rings. The highest BCUT2D eigenvalue weighted by Crippen LogP contribution is 2.17. The number of hydrogen-bond donors (Lipinski definition) is 2. The van der Waals surface area contributed by atoms with Gasteiger partial charge in [-0.15, -0.1) is 0 Å². The fraction of sp³-hybridized carbons (Fsp3) is 0.182. The van der Waals surface area contributed by atoms with Crippen molar-refractivity contribution in [1.82, 2.24) is 15.0 Å². The van der Waals surface area contributed by atoms with Gasteiger partial charge in [-0.25, -0.2) is 9.97 Å². The molecule has 0 saturated carbocycles. The van der Waals surface area contributed by atoms with Crippen LogP contribution in [0, 0.1) is 0 Å². The molecule has 2 aromatic heterocycles. The Morgan fingerprint density at radius 2 is 2.24 bits per heavy atom. The standard InChI is InChI=1S/C11H12N4OS/c1-12-9-3-2-8(6-14-9)7-17-11-13-5-4-10(16)15-11/h2-6H,7H2,1H3,(H,12,14)(H,13,15,16). The Kier molecular flexibility index (Phi) is 3.77. The quantitative estimate of drug-likeness (QED) is 0.634. The Morgan fingerprint density at radius 3 is 2.88 bits per heavy atom. The zero-order valence-electron chi connectivity index (χ0n) is 9.30. The first-order valence-electron chi connectivity index (χ1n) is 5.09. The molecule has 0 aliphatic carbocycles. The summed E-state index contributed by atoms with van der Waals surface area (Å²) in [6.45, 7) is 0. The lowest BCUT2D eigenvalue weighted by molar-refractivity contribution is 0.936. The van der Waals surface area contributed by atoms with Crippen molar-refractivity contribution in [3.63, 3.8) is 0 Å². The van der Waals surface area contributed by atoms with Crippen LogP contribution in [0.25, 0.3) is 0 Å². The molecule has 0 aliphatic rings. The molecule has 0 saturated heterocycles. The molecule has 0 atom stereocenters. The van der Waals surface area contributed by atoms with Gasteiger partial charge in [-0.3, -0.25) is 4.79 Å². The van der Waals surface area contributed by atoms with Crippen molar-refractivity contribution >= 4 is 17.6 Å². The Labute approximate surface area is 103 Å². The van der Waals surface area contributed by atoms with Crippen molar-refractivity contribution in [2.45, 2.75) is 10.9 Å². The number of aromatic nitrogens is 3. The first-order chi connectivity index (χ1) is 8.28. The zero-order chi connectivity index (χ0) is 12.1. The summed E-state index contributed by atoms with van der Waals surface area (Å²) < 4.78 is 0. The second kappa shape index (κ2) is 5.49. The van der Waals surface area contributed by atoms with Gasteiger partial charge in [0.2, 0.25) is 0 Å². The molecule has 0 bridgehead atoms. The number of hydrogen-bond acceptors (Lipinski definition) is 5. The molecular weight excluding hydrogens is 236 g/mol. The average molecular weight is 248 g/mol. The van der Waals surface area contributed by atoms with Gasteiger partial charge in [0.1, 0.15) is 5.82 Å². The number of rotatable bonds is 4. The molecular formula is C11H12N4OS. The third kappa shape index (κ3) is 3.32. The number of pyridine rings is 1. The minimum Gasteiger partial charge on any atom is -0.373 e. The van der Waals surface area contributed by atoms with E-state index >= 15 is 0 Å². The highest BCUT2D eigenvalue weighted by atomic mass is 32.2. The molecule has 17 heavy (non-hydrogen) atoms. The fourth-order valence-corrected chi connectivity index (χ4v) is 2.02. The summed E-state index contributed by atoms with van der Waals surface area (Å²) in [5, 5.41) is 3.58. The van der Waals surface area contributed by atoms with Crippen LogP contribution in [0.3, 0.4) is 0 Å². The van der Waals surface area contributed by atoms with Crippen LogP contribution in [0.4, 0.5) is 5.82 Å². The lowest BCUT2D eigenvalue weighted by Crippen LogP contribution is -2.05. The van der Waals surface area contributed by atoms with Gasteiger partial charge in [-0.05, 0) is 11.6 Å². The summed E-state index contributed by atoms with van der Waals surface area (Å²) in [4.78, 5) is 22.0. The highest BCUT2D eigenvalue weighted by molar-refractivity contribution is 7.98. The molecule has 0 aromatic carbocycles. The van der Waals surface area contributed by atoms with E-state index in [0.29, 0.717) is 5.16 Å². The molecule has 0 aliphatic heterocycles. The Morgan fingerprint density at radius 1 is 1.35 bits per heavy atom. The summed E-state index contributed by atoms with van der Waals surface area (Å²) in [5.74, 6) is 1.56. The Balaban J connectivity index is 1.99. The van der Waals surface area contributed by atoms with E-state index in [1.807, 2.05) is 19.2 Å². The van der Waals surface area contributed by atoms with Crippen LogP contribution in [0.5, 0.6) is 0 Å². The van der Waals surface area contributed by atoms with Crippen molar-refractivity contribution in [2.75, 3.05) is 12.4 Å². The average Bonchev–Trinajstić information content (AvgIpc) is 2.37. The van der Waals surface area contributed by atoms with E-state index in [9.17, 15) is 4.79 Å². The minimum absolute atomic E-state index is 0.133. The largest absolute Gasteiger partial charge is 0.373 e. The molecule has 2 N–H and O–H groups in total. The van der Waals surface area contributed by atoms with Crippen molar-refractivity contribution in [3.05, 3.63) is 46.5 Å². The third-order valence-corrected chi connectivity index (χ3v) is 3.06. The summed E-state index contributed by atoms with van der Waals surface area (Å²) in [6.07, 6.45) is 3.31. The summed E-state index contributed by atoms with van der Waals surface area (Å²) in [5.41, 5.74) is 0.951. The van der Waals surface area contributed by atoms with Crippen molar-refractivity contribution in [1.29, 1.82) is 0 Å². The van der Waals surface area contributed by atoms with Crippen LogP contribution in [0.15, 0.2) is 40.5 Å². The minimum atomic E-state index is -0.133. The van der Waals surface area contributed by atoms with E-state index in [-0.39, 0.29) is 5.56 Å². The van der Waals surface area contributed by atoms with E-state index < -0.39 is 0 Å². The van der Waals surface area contributed by atoms with Gasteiger partial charge in [0.05, 0.1) is 0 Å². The van der Waals surface area contributed by atoms with Crippen molar-refractivity contribution in [2.24, 2.45) is 0 Å². The van der Waals surface area contributed by atoms with E-state index in [1.54, 1.807) is 6.20 Å². The van der Waals surface area contributed by atoms with E-state index in [2.05, 4.69) is 20.3 Å². The van der Waals surface area contributed by atoms with Crippen LogP contribution >= 0.6 is 11.8 Å². The predicted molar refractivity (Wildman–Crippen MR) is 68.2 cm³/mol. The maximum absolute atomic E-state index is 11.1. The van der Waals surface area contributed by atoms with Gasteiger partial charge in [-0.2, -0.15) is 0 Å². The van der Waals surface area contributed by atoms with Gasteiger partial charge in [0.25, 0.3) is 5.56 Å². The molecule has 2 heterocycles. The molecule has 0 unspecified atom stereocenters. The van der Waals surface area contributed by atoms with Crippen LogP contribution in [0.2, 0.25) is 0 Å². The third-order valence-electron chi connectivity index (χ3n) is 2.10. The van der Waals surface area contributed by atoms with Gasteiger partial charge < -0.3 is 10.3 Å². The number of aromatic amines is 1. The molecule has 88 valence electrons. The second-order valence-corrected chi connectivity index (χ2v) is 4.29. The lowest BCUT2D eigenvalue weighted by Gasteiger charge is -2.02. The van der Waals surface area contributed by atoms with Crippen molar-refractivity contribution in [3.8, 4) is 0 Å². The number of nitrogens with one attached hydrogen (secondary N) is 2. The van der Waals surface area contributed by atoms with E-state index in [0.717, 1.165) is 17.1 Å². The lowest BCUT2D eigenvalue weighted by atomic mass is 10.3. The smallest absolute Gasteiger partial charge is 0.251 e. The Bertz CT molecular complexity index is 538. The van der Waals surface area contributed by atoms with E-state index in [4.69, 9.17) is 0 Å². The van der Waals surface area contributed by atoms with Crippen LogP contribution < -0.4 is 10.9 Å². The molecule has 0 radical (unpaired) electrons. The van der Waals surface area contributed by atoms with Gasteiger partial charge in [0.15, 0.2) is 5.16 Å². The number of anilines is 1. The first-order valence-corrected chi connectivity index (χ1v) is 6.07. The monoisotopic (exact) mass is 248 g/mol. The van der Waals surface area contributed by atoms with Crippen molar-refractivity contribution < 1.29 is 0 Å². The van der Waals surface area contributed by atoms with Crippen LogP contribution in [-0.4, -0.2) is 22.0 Å². The first kappa shape index (κ1) is 11.7. The zero-order valence-corrected chi connectivity index (χ0v) is 10.1. The maximum Gasteiger partial charge on any atom is 0.251 e. The molecule has 5 nitrogen and oxygen atoms in total. The van der Waals surface area contributed by atoms with E-state index in [1.165, 1.54) is 24.0 Å². The van der Waals surface area contributed by atoms with Gasteiger partial charge in [-0.1, -0.05) is 17.8 Å². The molecule has 6 heteroatoms. The topological polar surface area (TPSA) is 70.7 Å². The summed E-state index contributed by atoms with van der Waals surface area (Å²) in [6, 6.07) is 5.30. The highest BCUT2D eigenvalue weighted by Gasteiger charge is 1.99.